The number of hydrogen-bond acceptors (Lipinski definition) is 3. The van der Waals surface area contributed by atoms with E-state index >= 15 is 0 Å². The summed E-state index contributed by atoms with van der Waals surface area (Å²) >= 11 is 0. The molecule has 0 aromatic heterocycles. The fraction of sp³-hybridized carbons (Fsp3) is 0.867. The molecule has 0 radical (unpaired) electrons. The third-order valence-electron chi connectivity index (χ3n) is 4.41. The summed E-state index contributed by atoms with van der Waals surface area (Å²) in [6, 6.07) is 0.572. The molecule has 0 bridgehead atoms. The van der Waals surface area contributed by atoms with Gasteiger partial charge in [-0.1, -0.05) is 13.8 Å². The third kappa shape index (κ3) is 3.16. The van der Waals surface area contributed by atoms with Crippen LogP contribution in [0.4, 0.5) is 0 Å². The van der Waals surface area contributed by atoms with E-state index in [9.17, 15) is 9.59 Å². The Hall–Kier alpha value is -0.900. The highest BCUT2D eigenvalue weighted by Crippen LogP contribution is 2.44. The molecule has 1 saturated carbocycles. The van der Waals surface area contributed by atoms with Crippen LogP contribution in [0.15, 0.2) is 0 Å². The molecule has 1 heterocycles. The van der Waals surface area contributed by atoms with Crippen molar-refractivity contribution in [1.29, 1.82) is 0 Å². The van der Waals surface area contributed by atoms with Crippen LogP contribution in [0.25, 0.3) is 0 Å². The highest BCUT2D eigenvalue weighted by Gasteiger charge is 2.52. The maximum Gasteiger partial charge on any atom is 0.231 e. The fourth-order valence-corrected chi connectivity index (χ4v) is 3.29. The molecule has 1 aliphatic carbocycles. The maximum atomic E-state index is 12.2. The molecular weight excluding hydrogens is 240 g/mol. The molecule has 2 aliphatic rings. The monoisotopic (exact) mass is 266 g/mol. The zero-order valence-corrected chi connectivity index (χ0v) is 12.4. The molecule has 0 aromatic rings. The molecule has 1 spiro atoms. The number of hydrogen-bond donors (Lipinski definition) is 1. The van der Waals surface area contributed by atoms with Crippen LogP contribution in [-0.4, -0.2) is 42.3 Å². The lowest BCUT2D eigenvalue weighted by molar-refractivity contribution is -0.165. The smallest absolute Gasteiger partial charge is 0.231 e. The average Bonchev–Trinajstić information content (AvgIpc) is 2.36. The molecule has 2 rings (SSSR count). The van der Waals surface area contributed by atoms with Gasteiger partial charge in [0.05, 0.1) is 12.0 Å². The molecule has 19 heavy (non-hydrogen) atoms. The Kier molecular flexibility index (Phi) is 4.29. The lowest BCUT2D eigenvalue weighted by Crippen LogP contribution is -2.64. The number of nitrogens with one attached hydrogen (secondary N) is 1. The summed E-state index contributed by atoms with van der Waals surface area (Å²) in [7, 11) is 0. The van der Waals surface area contributed by atoms with Crippen molar-refractivity contribution in [3.63, 3.8) is 0 Å². The van der Waals surface area contributed by atoms with Gasteiger partial charge >= 0.3 is 0 Å². The van der Waals surface area contributed by atoms with Gasteiger partial charge in [-0.2, -0.15) is 0 Å². The van der Waals surface area contributed by atoms with Gasteiger partial charge in [0.15, 0.2) is 0 Å². The SMILES string of the molecule is CC(=O)CN1CC2(CCC(NCC(C)C)CC2)C1=O. The number of rotatable bonds is 5. The lowest BCUT2D eigenvalue weighted by atomic mass is 9.66. The van der Waals surface area contributed by atoms with Crippen LogP contribution in [0.1, 0.15) is 46.5 Å². The molecule has 108 valence electrons. The topological polar surface area (TPSA) is 49.4 Å². The van der Waals surface area contributed by atoms with Crippen molar-refractivity contribution in [3.05, 3.63) is 0 Å². The van der Waals surface area contributed by atoms with E-state index in [0.29, 0.717) is 18.5 Å². The fourth-order valence-electron chi connectivity index (χ4n) is 3.29. The molecule has 1 amide bonds. The van der Waals surface area contributed by atoms with Gasteiger partial charge in [-0.05, 0) is 45.1 Å². The van der Waals surface area contributed by atoms with Gasteiger partial charge in [0, 0.05) is 12.6 Å². The highest BCUT2D eigenvalue weighted by molar-refractivity contribution is 5.92. The van der Waals surface area contributed by atoms with Gasteiger partial charge in [0.25, 0.3) is 0 Å². The minimum atomic E-state index is -0.120. The van der Waals surface area contributed by atoms with E-state index in [1.165, 1.54) is 0 Å². The van der Waals surface area contributed by atoms with Crippen molar-refractivity contribution < 1.29 is 9.59 Å². The second kappa shape index (κ2) is 5.61. The maximum absolute atomic E-state index is 12.2. The molecule has 1 aliphatic heterocycles. The zero-order chi connectivity index (χ0) is 14.0. The van der Waals surface area contributed by atoms with Crippen LogP contribution in [0.2, 0.25) is 0 Å². The molecule has 4 nitrogen and oxygen atoms in total. The second-order valence-electron chi connectivity index (χ2n) is 6.72. The van der Waals surface area contributed by atoms with Crippen molar-refractivity contribution in [2.45, 2.75) is 52.5 Å². The normalized spacial score (nSPS) is 30.8. The summed E-state index contributed by atoms with van der Waals surface area (Å²) in [5.74, 6) is 0.966. The summed E-state index contributed by atoms with van der Waals surface area (Å²) in [5, 5.41) is 3.59. The second-order valence-corrected chi connectivity index (χ2v) is 6.72. The quantitative estimate of drug-likeness (QED) is 0.769. The Morgan fingerprint density at radius 2 is 2.05 bits per heavy atom. The van der Waals surface area contributed by atoms with Crippen LogP contribution < -0.4 is 5.32 Å². The van der Waals surface area contributed by atoms with Crippen molar-refractivity contribution in [2.24, 2.45) is 11.3 Å². The first-order valence-corrected chi connectivity index (χ1v) is 7.45. The molecule has 0 atom stereocenters. The predicted molar refractivity (Wildman–Crippen MR) is 74.8 cm³/mol. The third-order valence-corrected chi connectivity index (χ3v) is 4.41. The number of likely N-dealkylation sites (tertiary alicyclic amines) is 1. The van der Waals surface area contributed by atoms with E-state index in [2.05, 4.69) is 19.2 Å². The Morgan fingerprint density at radius 1 is 1.42 bits per heavy atom. The van der Waals surface area contributed by atoms with Crippen molar-refractivity contribution in [2.75, 3.05) is 19.6 Å². The van der Waals surface area contributed by atoms with Gasteiger partial charge < -0.3 is 10.2 Å². The molecule has 2 fully saturated rings. The molecule has 0 unspecified atom stereocenters. The van der Waals surface area contributed by atoms with E-state index in [1.54, 1.807) is 11.8 Å². The van der Waals surface area contributed by atoms with Crippen LogP contribution in [0, 0.1) is 11.3 Å². The average molecular weight is 266 g/mol. The first-order chi connectivity index (χ1) is 8.93. The van der Waals surface area contributed by atoms with Crippen LogP contribution in [0.5, 0.6) is 0 Å². The lowest BCUT2D eigenvalue weighted by Gasteiger charge is -2.51. The Balaban J connectivity index is 1.78. The van der Waals surface area contributed by atoms with Crippen LogP contribution >= 0.6 is 0 Å². The van der Waals surface area contributed by atoms with Crippen LogP contribution in [-0.2, 0) is 9.59 Å². The van der Waals surface area contributed by atoms with Crippen molar-refractivity contribution in [3.8, 4) is 0 Å². The zero-order valence-electron chi connectivity index (χ0n) is 12.4. The number of carbonyl (C=O) groups is 2. The standard InChI is InChI=1S/C15H26N2O2/c1-11(2)8-16-13-4-6-15(7-5-13)10-17(14(15)19)9-12(3)18/h11,13,16H,4-10H2,1-3H3. The van der Waals surface area contributed by atoms with Gasteiger partial charge in [-0.3, -0.25) is 9.59 Å². The van der Waals surface area contributed by atoms with E-state index < -0.39 is 0 Å². The summed E-state index contributed by atoms with van der Waals surface area (Å²) in [5.41, 5.74) is -0.120. The minimum Gasteiger partial charge on any atom is -0.334 e. The molecule has 4 heteroatoms. The van der Waals surface area contributed by atoms with E-state index in [1.807, 2.05) is 0 Å². The van der Waals surface area contributed by atoms with Crippen molar-refractivity contribution >= 4 is 11.7 Å². The van der Waals surface area contributed by atoms with Crippen molar-refractivity contribution in [1.82, 2.24) is 10.2 Å². The Morgan fingerprint density at radius 3 is 2.53 bits per heavy atom. The van der Waals surface area contributed by atoms with Gasteiger partial charge in [0.2, 0.25) is 5.91 Å². The number of amides is 1. The largest absolute Gasteiger partial charge is 0.334 e. The summed E-state index contributed by atoms with van der Waals surface area (Å²) in [6.07, 6.45) is 4.14. The number of carbonyl (C=O) groups excluding carboxylic acids is 2. The number of nitrogens with zero attached hydrogens (tertiary/aromatic N) is 1. The van der Waals surface area contributed by atoms with E-state index in [0.717, 1.165) is 38.8 Å². The van der Waals surface area contributed by atoms with E-state index in [-0.39, 0.29) is 17.1 Å². The molecule has 0 aromatic carbocycles. The summed E-state index contributed by atoms with van der Waals surface area (Å²) < 4.78 is 0. The first-order valence-electron chi connectivity index (χ1n) is 7.45. The number of β-lactam (4-membered cyclic amide) rings is 1. The molecular formula is C15H26N2O2. The Bertz CT molecular complexity index is 357. The summed E-state index contributed by atoms with van der Waals surface area (Å²) in [4.78, 5) is 25.0. The highest BCUT2D eigenvalue weighted by atomic mass is 16.2. The van der Waals surface area contributed by atoms with E-state index in [4.69, 9.17) is 0 Å². The molecule has 1 saturated heterocycles. The van der Waals surface area contributed by atoms with Crippen LogP contribution in [0.3, 0.4) is 0 Å². The number of Topliss-reactive ketones (excluding diaryl/α,β-unsaturated/α-hetero) is 1. The van der Waals surface area contributed by atoms with Gasteiger partial charge in [-0.15, -0.1) is 0 Å². The number of ketones is 1. The summed E-state index contributed by atoms with van der Waals surface area (Å²) in [6.45, 7) is 8.13. The Labute approximate surface area is 115 Å². The van der Waals surface area contributed by atoms with Gasteiger partial charge in [-0.25, -0.2) is 0 Å². The first kappa shape index (κ1) is 14.5. The predicted octanol–water partition coefficient (Wildman–Crippen LogP) is 1.59. The molecule has 1 N–H and O–H groups in total. The van der Waals surface area contributed by atoms with Gasteiger partial charge in [0.1, 0.15) is 5.78 Å². The minimum absolute atomic E-state index is 0.0792.